The maximum Gasteiger partial charge on any atom is 1.00 e. The summed E-state index contributed by atoms with van der Waals surface area (Å²) < 4.78 is 6.75. The van der Waals surface area contributed by atoms with Crippen molar-refractivity contribution in [3.8, 4) is 6.07 Å². The normalized spacial score (nSPS) is 7.12. The van der Waals surface area contributed by atoms with Gasteiger partial charge in [0.25, 0.3) is 0 Å². The zero-order valence-electron chi connectivity index (χ0n) is 14.2. The van der Waals surface area contributed by atoms with E-state index in [1.54, 1.807) is 12.1 Å². The molecule has 0 aliphatic rings. The van der Waals surface area contributed by atoms with Crippen LogP contribution in [-0.2, 0) is 4.74 Å². The predicted octanol–water partition coefficient (Wildman–Crippen LogP) is -0.288. The molecule has 0 unspecified atom stereocenters. The van der Waals surface area contributed by atoms with Gasteiger partial charge in [0, 0.05) is 14.5 Å². The standard InChI is InChI=1S/C8H8BrNO.C7H4BrN.ClH.2K.H2N.H2O/c1-11-8(10)6-2-4-7(9)5-3-6;8-7-3-1-6(5-9)2-4-7;;;;;/h2-5,10H,1H3;1-4H;1H;;;2*1H2/q;;;2*+1;-1;/p-1. The number of rotatable bonds is 1. The van der Waals surface area contributed by atoms with Gasteiger partial charge in [-0.25, -0.2) is 0 Å². The number of nitrogens with two attached hydrogens (primary N) is 1. The van der Waals surface area contributed by atoms with Crippen LogP contribution in [-0.4, -0.2) is 18.5 Å². The van der Waals surface area contributed by atoms with E-state index >= 15 is 0 Å². The Bertz CT molecular complexity index is 624. The smallest absolute Gasteiger partial charge is 0.870 e. The van der Waals surface area contributed by atoms with E-state index in [9.17, 15) is 0 Å². The molecule has 0 saturated carbocycles. The first kappa shape index (κ1) is 37.6. The fourth-order valence-corrected chi connectivity index (χ4v) is 1.77. The summed E-state index contributed by atoms with van der Waals surface area (Å²) in [6.45, 7) is 0. The average molecular weight is 544 g/mol. The number of hydrogen-bond acceptors (Lipinski definition) is 4. The van der Waals surface area contributed by atoms with Gasteiger partial charge in [0.15, 0.2) is 0 Å². The fourth-order valence-electron chi connectivity index (χ4n) is 1.24. The Hall–Kier alpha value is 1.84. The van der Waals surface area contributed by atoms with Crippen LogP contribution in [0.2, 0.25) is 0 Å². The minimum Gasteiger partial charge on any atom is -0.870 e. The Morgan fingerprint density at radius 1 is 0.960 bits per heavy atom. The van der Waals surface area contributed by atoms with Gasteiger partial charge in [0.05, 0.1) is 18.7 Å². The number of ether oxygens (including phenoxy) is 1. The van der Waals surface area contributed by atoms with Gasteiger partial charge in [0.1, 0.15) is 0 Å². The largest absolute Gasteiger partial charge is 1.00 e. The van der Waals surface area contributed by atoms with Crippen molar-refractivity contribution in [1.29, 1.82) is 10.7 Å². The molecule has 2 aromatic carbocycles. The van der Waals surface area contributed by atoms with Crippen LogP contribution >= 0.6 is 44.3 Å². The fraction of sp³-hybridized carbons (Fsp3) is 0.0667. The maximum absolute atomic E-state index is 8.36. The van der Waals surface area contributed by atoms with Gasteiger partial charge in [-0.05, 0) is 48.5 Å². The van der Waals surface area contributed by atoms with E-state index in [1.165, 1.54) is 7.11 Å². The molecule has 25 heavy (non-hydrogen) atoms. The molecule has 0 fully saturated rings. The first-order chi connectivity index (χ1) is 9.56. The topological polar surface area (TPSA) is 120 Å². The monoisotopic (exact) mass is 541 g/mol. The Morgan fingerprint density at radius 2 is 1.32 bits per heavy atom. The third-order valence-electron chi connectivity index (χ3n) is 2.28. The molecule has 0 aromatic heterocycles. The predicted molar refractivity (Wildman–Crippen MR) is 101 cm³/mol. The van der Waals surface area contributed by atoms with Crippen molar-refractivity contribution in [2.75, 3.05) is 7.11 Å². The van der Waals surface area contributed by atoms with E-state index in [0.29, 0.717) is 5.56 Å². The molecule has 0 amide bonds. The van der Waals surface area contributed by atoms with Crippen LogP contribution in [0.1, 0.15) is 11.1 Å². The number of halogens is 3. The molecular weight excluding hydrogens is 528 g/mol. The molecular formula is C15H16Br2ClK2N3O2. The summed E-state index contributed by atoms with van der Waals surface area (Å²) in [5.41, 5.74) is 1.48. The Labute approximate surface area is 256 Å². The molecule has 126 valence electrons. The van der Waals surface area contributed by atoms with Crippen molar-refractivity contribution < 1.29 is 113 Å². The second-order valence-corrected chi connectivity index (χ2v) is 5.49. The molecule has 0 radical (unpaired) electrons. The summed E-state index contributed by atoms with van der Waals surface area (Å²) in [6, 6.07) is 16.7. The van der Waals surface area contributed by atoms with Crippen molar-refractivity contribution in [3.05, 3.63) is 74.8 Å². The van der Waals surface area contributed by atoms with Crippen LogP contribution < -0.4 is 103 Å². The molecule has 0 saturated heterocycles. The Morgan fingerprint density at radius 3 is 1.64 bits per heavy atom. The summed E-state index contributed by atoms with van der Waals surface area (Å²) in [7, 11) is 1.49. The summed E-state index contributed by atoms with van der Waals surface area (Å²) in [5.74, 6) is 0.192. The molecule has 0 atom stereocenters. The number of hydrogen-bond donors (Lipinski definition) is 1. The number of benzene rings is 2. The third kappa shape index (κ3) is 16.5. The summed E-state index contributed by atoms with van der Waals surface area (Å²) in [5, 5.41) is 15.7. The first-order valence-electron chi connectivity index (χ1n) is 5.61. The summed E-state index contributed by atoms with van der Waals surface area (Å²) in [4.78, 5) is 0. The number of nitrogens with one attached hydrogen (secondary N) is 1. The maximum atomic E-state index is 8.36. The summed E-state index contributed by atoms with van der Waals surface area (Å²) >= 11 is 6.57. The first-order valence-corrected chi connectivity index (χ1v) is 7.19. The van der Waals surface area contributed by atoms with E-state index in [4.69, 9.17) is 15.4 Å². The zero-order valence-corrected chi connectivity index (χ0v) is 24.4. The Kier molecular flexibility index (Phi) is 33.3. The molecule has 0 spiro atoms. The number of nitrogens with zero attached hydrogens (tertiary/aromatic N) is 1. The van der Waals surface area contributed by atoms with E-state index in [1.807, 2.05) is 42.5 Å². The van der Waals surface area contributed by atoms with Gasteiger partial charge in [-0.1, -0.05) is 31.9 Å². The quantitative estimate of drug-likeness (QED) is 0.302. The SMILES string of the molecule is COC(=N)c1ccc(Br)cc1.Cl.N#Cc1ccc(Br)cc1.[K+].[K+].[NH2-].[OH-]. The van der Waals surface area contributed by atoms with Crippen LogP contribution in [0.4, 0.5) is 0 Å². The van der Waals surface area contributed by atoms with E-state index in [-0.39, 0.29) is 133 Å². The average Bonchev–Trinajstić information content (AvgIpc) is 2.49. The zero-order chi connectivity index (χ0) is 15.0. The van der Waals surface area contributed by atoms with Crippen LogP contribution in [0.25, 0.3) is 6.15 Å². The van der Waals surface area contributed by atoms with Gasteiger partial charge in [-0.2, -0.15) is 5.26 Å². The second kappa shape index (κ2) is 22.1. The summed E-state index contributed by atoms with van der Waals surface area (Å²) in [6.07, 6.45) is 0. The Balaban J connectivity index is -0.0000000899. The molecule has 10 heteroatoms. The molecule has 5 nitrogen and oxygen atoms in total. The third-order valence-corrected chi connectivity index (χ3v) is 3.34. The molecule has 2 aromatic rings. The van der Waals surface area contributed by atoms with Crippen molar-refractivity contribution in [1.82, 2.24) is 0 Å². The van der Waals surface area contributed by atoms with E-state index in [0.717, 1.165) is 14.5 Å². The second-order valence-electron chi connectivity index (χ2n) is 3.66. The van der Waals surface area contributed by atoms with Gasteiger partial charge >= 0.3 is 103 Å². The van der Waals surface area contributed by atoms with Gasteiger partial charge in [-0.3, -0.25) is 5.41 Å². The molecule has 0 heterocycles. The van der Waals surface area contributed by atoms with Crippen LogP contribution in [0.5, 0.6) is 0 Å². The van der Waals surface area contributed by atoms with Gasteiger partial charge < -0.3 is 16.4 Å². The number of methoxy groups -OCH3 is 1. The molecule has 4 N–H and O–H groups in total. The van der Waals surface area contributed by atoms with Crippen molar-refractivity contribution in [3.63, 3.8) is 0 Å². The van der Waals surface area contributed by atoms with Crippen molar-refractivity contribution >= 4 is 50.2 Å². The van der Waals surface area contributed by atoms with Crippen molar-refractivity contribution in [2.45, 2.75) is 0 Å². The van der Waals surface area contributed by atoms with Crippen molar-refractivity contribution in [2.24, 2.45) is 0 Å². The number of nitriles is 1. The molecule has 0 bridgehead atoms. The molecule has 0 aliphatic carbocycles. The minimum atomic E-state index is 0. The van der Waals surface area contributed by atoms with Crippen LogP contribution in [0.15, 0.2) is 57.5 Å². The van der Waals surface area contributed by atoms with Crippen LogP contribution in [0.3, 0.4) is 0 Å². The van der Waals surface area contributed by atoms with E-state index < -0.39 is 0 Å². The molecule has 0 aliphatic heterocycles. The van der Waals surface area contributed by atoms with Gasteiger partial charge in [0.2, 0.25) is 5.90 Å². The van der Waals surface area contributed by atoms with E-state index in [2.05, 4.69) is 31.9 Å². The minimum absolute atomic E-state index is 0. The van der Waals surface area contributed by atoms with Gasteiger partial charge in [-0.15, -0.1) is 12.4 Å². The van der Waals surface area contributed by atoms with Crippen LogP contribution in [0, 0.1) is 16.7 Å². The molecule has 2 rings (SSSR count).